The molecule has 0 unspecified atom stereocenters. The van der Waals surface area contributed by atoms with E-state index in [0.717, 1.165) is 24.8 Å². The molecule has 0 amide bonds. The van der Waals surface area contributed by atoms with E-state index < -0.39 is 12.3 Å². The lowest BCUT2D eigenvalue weighted by Crippen LogP contribution is -2.18. The zero-order valence-corrected chi connectivity index (χ0v) is 15.7. The summed E-state index contributed by atoms with van der Waals surface area (Å²) < 4.78 is 39.1. The molecule has 0 atom stereocenters. The first-order valence-electron chi connectivity index (χ1n) is 8.51. The van der Waals surface area contributed by atoms with Crippen molar-refractivity contribution >= 4 is 27.5 Å². The van der Waals surface area contributed by atoms with E-state index in [-0.39, 0.29) is 23.7 Å². The van der Waals surface area contributed by atoms with E-state index in [2.05, 4.69) is 14.7 Å². The van der Waals surface area contributed by atoms with Gasteiger partial charge in [-0.25, -0.2) is 9.78 Å². The predicted molar refractivity (Wildman–Crippen MR) is 100 cm³/mol. The summed E-state index contributed by atoms with van der Waals surface area (Å²) in [6.07, 6.45) is -1.73. The van der Waals surface area contributed by atoms with Gasteiger partial charge in [-0.05, 0) is 30.9 Å². The first-order valence-corrected chi connectivity index (χ1v) is 9.33. The Balaban J connectivity index is 0.000000170. The van der Waals surface area contributed by atoms with Crippen LogP contribution in [0.2, 0.25) is 0 Å². The largest absolute Gasteiger partial charge is 0.573 e. The summed E-state index contributed by atoms with van der Waals surface area (Å²) in [5, 5.41) is 9.37. The molecule has 0 saturated heterocycles. The molecule has 7 nitrogen and oxygen atoms in total. The number of hydrogen-bond acceptors (Lipinski definition) is 6. The van der Waals surface area contributed by atoms with Gasteiger partial charge in [-0.2, -0.15) is 0 Å². The number of hydrogen-bond donors (Lipinski definition) is 3. The molecular formula is C18H16F3N3O4S. The summed E-state index contributed by atoms with van der Waals surface area (Å²) >= 11 is 1.44. The number of aromatic amines is 1. The molecule has 2 heterocycles. The number of thiophene rings is 1. The van der Waals surface area contributed by atoms with E-state index in [4.69, 9.17) is 10.8 Å². The van der Waals surface area contributed by atoms with E-state index in [9.17, 15) is 22.8 Å². The Morgan fingerprint density at radius 2 is 2.03 bits per heavy atom. The Morgan fingerprint density at radius 3 is 2.69 bits per heavy atom. The van der Waals surface area contributed by atoms with Crippen LogP contribution < -0.4 is 16.0 Å². The van der Waals surface area contributed by atoms with Crippen molar-refractivity contribution in [2.24, 2.45) is 5.73 Å². The fraction of sp³-hybridized carbons (Fsp3) is 0.278. The maximum absolute atomic E-state index is 11.8. The van der Waals surface area contributed by atoms with Crippen LogP contribution >= 0.6 is 11.3 Å². The molecule has 4 N–H and O–H groups in total. The number of nitrogens with one attached hydrogen (secondary N) is 1. The zero-order valence-electron chi connectivity index (χ0n) is 14.9. The van der Waals surface area contributed by atoms with E-state index in [0.29, 0.717) is 15.8 Å². The molecule has 0 aliphatic heterocycles. The van der Waals surface area contributed by atoms with Gasteiger partial charge in [-0.1, -0.05) is 18.2 Å². The van der Waals surface area contributed by atoms with Crippen molar-refractivity contribution in [1.29, 1.82) is 0 Å². The van der Waals surface area contributed by atoms with Gasteiger partial charge in [-0.15, -0.1) is 24.5 Å². The van der Waals surface area contributed by atoms with Gasteiger partial charge >= 0.3 is 12.3 Å². The summed E-state index contributed by atoms with van der Waals surface area (Å²) in [6.45, 7) is 0.0201. The van der Waals surface area contributed by atoms with Crippen LogP contribution in [0, 0.1) is 0 Å². The molecule has 4 rings (SSSR count). The first kappa shape index (κ1) is 20.8. The number of aryl methyl sites for hydroxylation is 2. The SMILES string of the molecule is NCc1ccccc1OC(F)(F)F.O=C(O)c1nc2sc3c(c2c(=O)[nH]1)CCC3. The van der Waals surface area contributed by atoms with Gasteiger partial charge in [0.05, 0.1) is 5.39 Å². The van der Waals surface area contributed by atoms with Crippen molar-refractivity contribution in [1.82, 2.24) is 9.97 Å². The number of ether oxygens (including phenoxy) is 1. The minimum atomic E-state index is -4.66. The molecule has 154 valence electrons. The van der Waals surface area contributed by atoms with Gasteiger partial charge in [0.2, 0.25) is 5.82 Å². The van der Waals surface area contributed by atoms with Crippen molar-refractivity contribution in [3.8, 4) is 5.75 Å². The van der Waals surface area contributed by atoms with E-state index in [1.165, 1.54) is 34.4 Å². The second-order valence-corrected chi connectivity index (χ2v) is 7.20. The number of alkyl halides is 3. The molecule has 1 aromatic carbocycles. The molecule has 2 aromatic heterocycles. The van der Waals surface area contributed by atoms with Crippen molar-refractivity contribution < 1.29 is 27.8 Å². The maximum Gasteiger partial charge on any atom is 0.573 e. The van der Waals surface area contributed by atoms with Crippen molar-refractivity contribution in [3.05, 3.63) is 56.4 Å². The zero-order chi connectivity index (χ0) is 21.2. The van der Waals surface area contributed by atoms with Gasteiger partial charge in [0.25, 0.3) is 5.56 Å². The predicted octanol–water partition coefficient (Wildman–Crippen LogP) is 3.22. The van der Waals surface area contributed by atoms with Crippen molar-refractivity contribution in [2.75, 3.05) is 0 Å². The van der Waals surface area contributed by atoms with Gasteiger partial charge in [0, 0.05) is 17.0 Å². The Bertz CT molecular complexity index is 1110. The van der Waals surface area contributed by atoms with Gasteiger partial charge < -0.3 is 20.6 Å². The number of halogens is 3. The number of nitrogens with two attached hydrogens (primary N) is 1. The normalized spacial score (nSPS) is 13.0. The quantitative estimate of drug-likeness (QED) is 0.591. The number of carboxylic acids is 1. The third-order valence-electron chi connectivity index (χ3n) is 4.20. The minimum absolute atomic E-state index is 0.0201. The van der Waals surface area contributed by atoms with Crippen LogP contribution in [-0.2, 0) is 19.4 Å². The van der Waals surface area contributed by atoms with E-state index in [1.54, 1.807) is 6.07 Å². The Labute approximate surface area is 166 Å². The van der Waals surface area contributed by atoms with Crippen LogP contribution in [-0.4, -0.2) is 27.4 Å². The van der Waals surface area contributed by atoms with Crippen molar-refractivity contribution in [2.45, 2.75) is 32.2 Å². The molecular weight excluding hydrogens is 411 g/mol. The van der Waals surface area contributed by atoms with Crippen LogP contribution in [0.25, 0.3) is 10.2 Å². The fourth-order valence-electron chi connectivity index (χ4n) is 3.00. The van der Waals surface area contributed by atoms with Crippen LogP contribution in [0.5, 0.6) is 5.75 Å². The van der Waals surface area contributed by atoms with Crippen LogP contribution in [0.15, 0.2) is 29.1 Å². The number of fused-ring (bicyclic) bond motifs is 3. The Kier molecular flexibility index (Phi) is 5.89. The number of aromatic nitrogens is 2. The standard InChI is InChI=1S/C10H8N2O3S.C8H8F3NO/c13-8-6-4-2-1-3-5(4)16-9(6)12-7(11-8)10(14)15;9-8(10,11)13-7-4-2-1-3-6(7)5-12/h1-3H2,(H,14,15)(H,11,12,13);1-4H,5,12H2. The fourth-order valence-corrected chi connectivity index (χ4v) is 4.26. The number of carbonyl (C=O) groups is 1. The number of benzene rings is 1. The highest BCUT2D eigenvalue weighted by Crippen LogP contribution is 2.34. The summed E-state index contributed by atoms with van der Waals surface area (Å²) in [4.78, 5) is 30.5. The van der Waals surface area contributed by atoms with Gasteiger partial charge in [0.1, 0.15) is 10.6 Å². The van der Waals surface area contributed by atoms with Crippen LogP contribution in [0.4, 0.5) is 13.2 Å². The van der Waals surface area contributed by atoms with Crippen molar-refractivity contribution in [3.63, 3.8) is 0 Å². The summed E-state index contributed by atoms with van der Waals surface area (Å²) in [7, 11) is 0. The summed E-state index contributed by atoms with van der Waals surface area (Å²) in [6, 6.07) is 5.78. The van der Waals surface area contributed by atoms with E-state index in [1.807, 2.05) is 0 Å². The third kappa shape index (κ3) is 4.74. The lowest BCUT2D eigenvalue weighted by Gasteiger charge is -2.11. The van der Waals surface area contributed by atoms with E-state index >= 15 is 0 Å². The monoisotopic (exact) mass is 427 g/mol. The molecule has 0 saturated carbocycles. The second-order valence-electron chi connectivity index (χ2n) is 6.12. The topological polar surface area (TPSA) is 118 Å². The highest BCUT2D eigenvalue weighted by molar-refractivity contribution is 7.18. The number of para-hydroxylation sites is 1. The van der Waals surface area contributed by atoms with Gasteiger partial charge in [0.15, 0.2) is 0 Å². The molecule has 0 radical (unpaired) electrons. The molecule has 3 aromatic rings. The smallest absolute Gasteiger partial charge is 0.475 e. The summed E-state index contributed by atoms with van der Waals surface area (Å²) in [5.74, 6) is -1.72. The first-order chi connectivity index (χ1) is 13.7. The average Bonchev–Trinajstić information content (AvgIpc) is 3.22. The number of carboxylic acid groups (broad SMARTS) is 1. The van der Waals surface area contributed by atoms with Gasteiger partial charge in [-0.3, -0.25) is 4.79 Å². The number of H-pyrrole nitrogens is 1. The molecule has 1 aliphatic rings. The maximum atomic E-state index is 11.8. The summed E-state index contributed by atoms with van der Waals surface area (Å²) in [5.41, 5.74) is 6.28. The Hall–Kier alpha value is -2.92. The lowest BCUT2D eigenvalue weighted by atomic mass is 10.2. The molecule has 11 heteroatoms. The highest BCUT2D eigenvalue weighted by atomic mass is 32.1. The minimum Gasteiger partial charge on any atom is -0.475 e. The third-order valence-corrected chi connectivity index (χ3v) is 5.38. The lowest BCUT2D eigenvalue weighted by molar-refractivity contribution is -0.274. The molecule has 0 spiro atoms. The average molecular weight is 427 g/mol. The second kappa shape index (κ2) is 8.21. The molecule has 0 fully saturated rings. The number of rotatable bonds is 3. The Morgan fingerprint density at radius 1 is 1.31 bits per heavy atom. The number of aromatic carboxylic acids is 1. The van der Waals surface area contributed by atoms with Crippen LogP contribution in [0.1, 0.15) is 33.0 Å². The van der Waals surface area contributed by atoms with Crippen LogP contribution in [0.3, 0.4) is 0 Å². The number of nitrogens with zero attached hydrogens (tertiary/aromatic N) is 1. The molecule has 29 heavy (non-hydrogen) atoms. The highest BCUT2D eigenvalue weighted by Gasteiger charge is 2.31. The molecule has 0 bridgehead atoms. The molecule has 1 aliphatic carbocycles.